The van der Waals surface area contributed by atoms with Gasteiger partial charge >= 0.3 is 0 Å². The van der Waals surface area contributed by atoms with Gasteiger partial charge in [-0.2, -0.15) is 0 Å². The molecule has 0 N–H and O–H groups in total. The Morgan fingerprint density at radius 2 is 0.983 bits per heavy atom. The van der Waals surface area contributed by atoms with Crippen LogP contribution in [0.1, 0.15) is 22.3 Å². The predicted octanol–water partition coefficient (Wildman–Crippen LogP) is 13.1. The van der Waals surface area contributed by atoms with Crippen molar-refractivity contribution in [1.29, 1.82) is 0 Å². The van der Waals surface area contributed by atoms with Crippen molar-refractivity contribution in [2.75, 3.05) is 0 Å². The second-order valence-corrected chi connectivity index (χ2v) is 15.4. The first-order chi connectivity index (χ1) is 29.3. The summed E-state index contributed by atoms with van der Waals surface area (Å²) in [4.78, 5) is 19.6. The number of hydrogen-bond donors (Lipinski definition) is 0. The molecular formula is C55H34N4. The molecule has 0 amide bonds. The monoisotopic (exact) mass is 750 g/mol. The van der Waals surface area contributed by atoms with Crippen molar-refractivity contribution in [1.82, 2.24) is 19.9 Å². The average molecular weight is 751 g/mol. The molecule has 10 aromatic rings. The molecule has 0 fully saturated rings. The van der Waals surface area contributed by atoms with Gasteiger partial charge in [-0.1, -0.05) is 152 Å². The van der Waals surface area contributed by atoms with E-state index >= 15 is 0 Å². The van der Waals surface area contributed by atoms with Gasteiger partial charge in [-0.25, -0.2) is 9.97 Å². The molecule has 2 aliphatic rings. The van der Waals surface area contributed by atoms with E-state index < -0.39 is 5.41 Å². The number of aromatic nitrogens is 4. The standard InChI is InChI=1S/C55H34N4/c1-2-14-36(15-3-1)54-58-51(32-52(59-54)39-26-29-50(57-34-39)38-16-12-30-56-33-38)37-24-27-44-42-19-7-6-18-41(42)43-20-8-10-22-46(43)55(49(44)31-37)47-23-11-9-21-45(47)53-40-17-5-4-13-35(40)25-28-48(53)55/h1-34H. The Balaban J connectivity index is 1.15. The predicted molar refractivity (Wildman–Crippen MR) is 239 cm³/mol. The number of benzene rings is 7. The summed E-state index contributed by atoms with van der Waals surface area (Å²) in [5.74, 6) is 0.665. The lowest BCUT2D eigenvalue weighted by atomic mass is 9.65. The minimum Gasteiger partial charge on any atom is -0.264 e. The zero-order valence-corrected chi connectivity index (χ0v) is 31.9. The topological polar surface area (TPSA) is 51.6 Å². The lowest BCUT2D eigenvalue weighted by molar-refractivity contribution is 0.776. The van der Waals surface area contributed by atoms with Crippen molar-refractivity contribution >= 4 is 10.8 Å². The SMILES string of the molecule is c1ccc(-c2nc(-c3ccc(-c4cccnc4)nc3)cc(-c3ccc4c(c3)C3(c5ccccc5-c5ccccc5-4)c4ccccc4-c4c3ccc3ccccc43)n2)cc1. The van der Waals surface area contributed by atoms with Crippen LogP contribution in [0.5, 0.6) is 0 Å². The summed E-state index contributed by atoms with van der Waals surface area (Å²) in [7, 11) is 0. The highest BCUT2D eigenvalue weighted by Crippen LogP contribution is 2.62. The number of nitrogens with zero attached hydrogens (tertiary/aromatic N) is 4. The van der Waals surface area contributed by atoms with Crippen LogP contribution in [0.3, 0.4) is 0 Å². The average Bonchev–Trinajstić information content (AvgIpc) is 3.57. The van der Waals surface area contributed by atoms with Gasteiger partial charge in [0, 0.05) is 40.8 Å². The van der Waals surface area contributed by atoms with E-state index in [2.05, 4.69) is 157 Å². The van der Waals surface area contributed by atoms with Gasteiger partial charge in [0.25, 0.3) is 0 Å². The van der Waals surface area contributed by atoms with Crippen molar-refractivity contribution in [3.05, 3.63) is 229 Å². The van der Waals surface area contributed by atoms with E-state index in [9.17, 15) is 0 Å². The fraction of sp³-hybridized carbons (Fsp3) is 0.0182. The van der Waals surface area contributed by atoms with Crippen LogP contribution in [-0.4, -0.2) is 19.9 Å². The second-order valence-electron chi connectivity index (χ2n) is 15.4. The third kappa shape index (κ3) is 5.03. The second kappa shape index (κ2) is 13.1. The van der Waals surface area contributed by atoms with Gasteiger partial charge in [0.15, 0.2) is 5.82 Å². The quantitative estimate of drug-likeness (QED) is 0.180. The highest BCUT2D eigenvalue weighted by Gasteiger charge is 2.50. The minimum absolute atomic E-state index is 0.624. The van der Waals surface area contributed by atoms with Gasteiger partial charge < -0.3 is 0 Å². The molecule has 3 aromatic heterocycles. The molecule has 0 radical (unpaired) electrons. The third-order valence-electron chi connectivity index (χ3n) is 12.3. The van der Waals surface area contributed by atoms with Crippen LogP contribution in [0.4, 0.5) is 0 Å². The number of pyridine rings is 2. The molecule has 4 heteroatoms. The Labute approximate surface area is 342 Å². The number of hydrogen-bond acceptors (Lipinski definition) is 4. The molecule has 0 bridgehead atoms. The summed E-state index contributed by atoms with van der Waals surface area (Å²) < 4.78 is 0. The van der Waals surface area contributed by atoms with Gasteiger partial charge in [-0.3, -0.25) is 9.97 Å². The Morgan fingerprint density at radius 1 is 0.356 bits per heavy atom. The minimum atomic E-state index is -0.624. The molecule has 59 heavy (non-hydrogen) atoms. The van der Waals surface area contributed by atoms with Crippen molar-refractivity contribution in [2.45, 2.75) is 5.41 Å². The molecule has 7 aromatic carbocycles. The van der Waals surface area contributed by atoms with E-state index in [1.807, 2.05) is 48.8 Å². The van der Waals surface area contributed by atoms with Crippen LogP contribution in [0.2, 0.25) is 0 Å². The van der Waals surface area contributed by atoms with E-state index in [1.165, 1.54) is 66.4 Å². The zero-order valence-electron chi connectivity index (χ0n) is 31.9. The highest BCUT2D eigenvalue weighted by molar-refractivity contribution is 6.06. The summed E-state index contributed by atoms with van der Waals surface area (Å²) in [6.45, 7) is 0. The van der Waals surface area contributed by atoms with E-state index in [1.54, 1.807) is 6.20 Å². The van der Waals surface area contributed by atoms with Crippen LogP contribution in [0, 0.1) is 0 Å². The summed E-state index contributed by atoms with van der Waals surface area (Å²) in [6.07, 6.45) is 5.52. The molecular weight excluding hydrogens is 717 g/mol. The lowest BCUT2D eigenvalue weighted by Gasteiger charge is -2.35. The normalized spacial score (nSPS) is 14.5. The smallest absolute Gasteiger partial charge is 0.160 e. The number of fused-ring (bicyclic) bond motifs is 14. The Bertz CT molecular complexity index is 3270. The van der Waals surface area contributed by atoms with Gasteiger partial charge in [0.05, 0.1) is 22.5 Å². The maximum atomic E-state index is 5.33. The zero-order chi connectivity index (χ0) is 38.9. The summed E-state index contributed by atoms with van der Waals surface area (Å²) in [5.41, 5.74) is 18.3. The Kier molecular flexibility index (Phi) is 7.41. The first-order valence-electron chi connectivity index (χ1n) is 20.0. The molecule has 1 atom stereocenters. The first-order valence-corrected chi connectivity index (χ1v) is 20.0. The molecule has 0 aliphatic heterocycles. The Hall–Kier alpha value is -7.82. The molecule has 12 rings (SSSR count). The number of rotatable bonds is 4. The molecule has 1 unspecified atom stereocenters. The van der Waals surface area contributed by atoms with Crippen LogP contribution in [0.25, 0.3) is 89.3 Å². The molecule has 4 nitrogen and oxygen atoms in total. The van der Waals surface area contributed by atoms with E-state index in [0.29, 0.717) is 5.82 Å². The molecule has 274 valence electrons. The van der Waals surface area contributed by atoms with Crippen LogP contribution < -0.4 is 0 Å². The fourth-order valence-electron chi connectivity index (χ4n) is 9.71. The van der Waals surface area contributed by atoms with Crippen LogP contribution >= 0.6 is 0 Å². The van der Waals surface area contributed by atoms with Gasteiger partial charge in [0.2, 0.25) is 0 Å². The summed E-state index contributed by atoms with van der Waals surface area (Å²) in [5, 5.41) is 2.50. The molecule has 2 aliphatic carbocycles. The van der Waals surface area contributed by atoms with Crippen LogP contribution in [0.15, 0.2) is 207 Å². The van der Waals surface area contributed by atoms with Crippen LogP contribution in [-0.2, 0) is 5.41 Å². The fourth-order valence-corrected chi connectivity index (χ4v) is 9.71. The Morgan fingerprint density at radius 3 is 1.75 bits per heavy atom. The lowest BCUT2D eigenvalue weighted by Crippen LogP contribution is -2.29. The maximum Gasteiger partial charge on any atom is 0.160 e. The van der Waals surface area contributed by atoms with E-state index in [4.69, 9.17) is 15.0 Å². The van der Waals surface area contributed by atoms with Crippen molar-refractivity contribution < 1.29 is 0 Å². The molecule has 3 heterocycles. The van der Waals surface area contributed by atoms with Crippen molar-refractivity contribution in [3.8, 4) is 78.5 Å². The molecule has 1 spiro atoms. The molecule has 0 saturated carbocycles. The largest absolute Gasteiger partial charge is 0.264 e. The summed E-state index contributed by atoms with van der Waals surface area (Å²) in [6, 6.07) is 67.9. The third-order valence-corrected chi connectivity index (χ3v) is 12.3. The molecule has 0 saturated heterocycles. The summed E-state index contributed by atoms with van der Waals surface area (Å²) >= 11 is 0. The van der Waals surface area contributed by atoms with E-state index in [0.717, 1.165) is 39.3 Å². The van der Waals surface area contributed by atoms with Gasteiger partial charge in [-0.15, -0.1) is 0 Å². The first kappa shape index (κ1) is 33.3. The van der Waals surface area contributed by atoms with Gasteiger partial charge in [0.1, 0.15) is 0 Å². The maximum absolute atomic E-state index is 5.33. The van der Waals surface area contributed by atoms with E-state index in [-0.39, 0.29) is 0 Å². The van der Waals surface area contributed by atoms with Crippen molar-refractivity contribution in [2.24, 2.45) is 0 Å². The van der Waals surface area contributed by atoms with Crippen molar-refractivity contribution in [3.63, 3.8) is 0 Å². The highest BCUT2D eigenvalue weighted by atomic mass is 14.9. The van der Waals surface area contributed by atoms with Gasteiger partial charge in [-0.05, 0) is 103 Å².